The van der Waals surface area contributed by atoms with Crippen LogP contribution < -0.4 is 5.19 Å². The standard InChI is InChI=1S/C17H13F.C13H10O.C13H10S.2C13H12.C11H16.C10H16Si/c1-12-9-14(11-15(18)10-12)17-8-4-6-13-5-2-3-7-16(13)17;2*1-9-5-4-7-11-10-6-2-3-8-12(10)14-13(9)11;1-11-7-5-6-10-13(11)12-8-3-2-4-9-12;1-11-7-9-13(10-8-11)12-5-3-2-4-6-12;2*1-9-5-7-10(8-6-9)11(2,3)4/h2-11H,1H3;2*2-8H,1H3;2*2-10H,1H3;2*5-8H,1-4H3. The van der Waals surface area contributed by atoms with Crippen LogP contribution in [0.4, 0.5) is 4.39 Å². The number of fused-ring (bicyclic) bond motifs is 7. The van der Waals surface area contributed by atoms with Gasteiger partial charge >= 0.3 is 0 Å². The van der Waals surface area contributed by atoms with Gasteiger partial charge in [0.15, 0.2) is 0 Å². The minimum absolute atomic E-state index is 0.182. The van der Waals surface area contributed by atoms with Crippen molar-refractivity contribution < 1.29 is 8.81 Å². The maximum atomic E-state index is 13.5. The van der Waals surface area contributed by atoms with E-state index in [1.54, 1.807) is 17.3 Å². The van der Waals surface area contributed by atoms with Gasteiger partial charge in [-0.3, -0.25) is 0 Å². The summed E-state index contributed by atoms with van der Waals surface area (Å²) in [5.74, 6) is -0.182. The van der Waals surface area contributed by atoms with Crippen molar-refractivity contribution in [1.82, 2.24) is 0 Å². The van der Waals surface area contributed by atoms with E-state index in [9.17, 15) is 4.39 Å². The summed E-state index contributed by atoms with van der Waals surface area (Å²) in [5, 5.41) is 9.07. The van der Waals surface area contributed by atoms with Crippen molar-refractivity contribution in [3.63, 3.8) is 0 Å². The van der Waals surface area contributed by atoms with E-state index in [0.29, 0.717) is 0 Å². The first-order valence-corrected chi connectivity index (χ1v) is 36.9. The van der Waals surface area contributed by atoms with Crippen LogP contribution in [0.5, 0.6) is 0 Å². The predicted molar refractivity (Wildman–Crippen MR) is 414 cm³/mol. The van der Waals surface area contributed by atoms with Gasteiger partial charge in [0.2, 0.25) is 0 Å². The summed E-state index contributed by atoms with van der Waals surface area (Å²) in [6, 6.07) is 105. The molecule has 0 spiro atoms. The van der Waals surface area contributed by atoms with E-state index in [2.05, 4.69) is 312 Å². The molecule has 2 heterocycles. The van der Waals surface area contributed by atoms with Gasteiger partial charge in [0.1, 0.15) is 17.0 Å². The van der Waals surface area contributed by atoms with Gasteiger partial charge in [0, 0.05) is 30.9 Å². The van der Waals surface area contributed by atoms with Gasteiger partial charge in [0.05, 0.1) is 8.07 Å². The fraction of sp³-hybridized carbons (Fsp3) is 0.156. The number of benzene rings is 13. The highest BCUT2D eigenvalue weighted by molar-refractivity contribution is 7.26. The first-order chi connectivity index (χ1) is 45.2. The van der Waals surface area contributed by atoms with E-state index in [1.807, 2.05) is 78.9 Å². The zero-order chi connectivity index (χ0) is 66.8. The Hall–Kier alpha value is -9.71. The quantitative estimate of drug-likeness (QED) is 0.160. The normalized spacial score (nSPS) is 10.9. The van der Waals surface area contributed by atoms with Crippen LogP contribution in [0.15, 0.2) is 308 Å². The average Bonchev–Trinajstić information content (AvgIpc) is 1.65. The molecule has 0 unspecified atom stereocenters. The van der Waals surface area contributed by atoms with Gasteiger partial charge in [0.25, 0.3) is 0 Å². The molecule has 0 radical (unpaired) electrons. The molecule has 13 aromatic carbocycles. The molecule has 0 bridgehead atoms. The van der Waals surface area contributed by atoms with Crippen LogP contribution >= 0.6 is 11.3 Å². The Morgan fingerprint density at radius 3 is 1.44 bits per heavy atom. The van der Waals surface area contributed by atoms with Crippen LogP contribution in [0.25, 0.3) is 86.3 Å². The molecule has 0 aliphatic heterocycles. The number of aryl methyl sites for hydroxylation is 7. The smallest absolute Gasteiger partial charge is 0.138 e. The lowest BCUT2D eigenvalue weighted by Crippen LogP contribution is -2.37. The highest BCUT2D eigenvalue weighted by atomic mass is 32.1. The maximum absolute atomic E-state index is 13.5. The topological polar surface area (TPSA) is 13.1 Å². The molecule has 15 aromatic rings. The lowest BCUT2D eigenvalue weighted by atomic mass is 9.87. The number of thiophene rings is 1. The molecule has 4 heteroatoms. The zero-order valence-electron chi connectivity index (χ0n) is 57.1. The Bertz CT molecular complexity index is 4660. The van der Waals surface area contributed by atoms with Crippen molar-refractivity contribution in [2.45, 2.75) is 94.3 Å². The van der Waals surface area contributed by atoms with Crippen molar-refractivity contribution >= 4 is 77.5 Å². The summed E-state index contributed by atoms with van der Waals surface area (Å²) in [4.78, 5) is 0. The van der Waals surface area contributed by atoms with Gasteiger partial charge in [-0.05, 0) is 150 Å². The number of furan rings is 1. The molecule has 0 atom stereocenters. The zero-order valence-corrected chi connectivity index (χ0v) is 58.9. The van der Waals surface area contributed by atoms with Gasteiger partial charge < -0.3 is 4.42 Å². The first-order valence-electron chi connectivity index (χ1n) is 32.6. The van der Waals surface area contributed by atoms with Crippen molar-refractivity contribution in [2.75, 3.05) is 0 Å². The number of halogens is 1. The van der Waals surface area contributed by atoms with E-state index < -0.39 is 8.07 Å². The van der Waals surface area contributed by atoms with E-state index in [0.717, 1.165) is 33.2 Å². The summed E-state index contributed by atoms with van der Waals surface area (Å²) >= 11 is 1.89. The van der Waals surface area contributed by atoms with Crippen LogP contribution in [0.1, 0.15) is 65.3 Å². The Balaban J connectivity index is 0.000000130. The van der Waals surface area contributed by atoms with Crippen molar-refractivity contribution in [2.24, 2.45) is 0 Å². The molecule has 0 fully saturated rings. The van der Waals surface area contributed by atoms with Gasteiger partial charge in [-0.2, -0.15) is 0 Å². The third-order valence-electron chi connectivity index (χ3n) is 16.6. The van der Waals surface area contributed by atoms with Gasteiger partial charge in [-0.15, -0.1) is 11.3 Å². The van der Waals surface area contributed by atoms with E-state index in [-0.39, 0.29) is 11.2 Å². The van der Waals surface area contributed by atoms with E-state index >= 15 is 0 Å². The summed E-state index contributed by atoms with van der Waals surface area (Å²) in [6.45, 7) is 28.5. The molecule has 0 amide bonds. The summed E-state index contributed by atoms with van der Waals surface area (Å²) in [7, 11) is -1.06. The molecule has 0 aliphatic rings. The number of hydrogen-bond acceptors (Lipinski definition) is 2. The minimum atomic E-state index is -1.06. The molecular weight excluding hydrogens is 1180 g/mol. The molecule has 472 valence electrons. The second-order valence-corrected chi connectivity index (χ2v) is 32.4. The van der Waals surface area contributed by atoms with Crippen molar-refractivity contribution in [3.8, 4) is 33.4 Å². The van der Waals surface area contributed by atoms with Crippen LogP contribution in [-0.4, -0.2) is 8.07 Å². The van der Waals surface area contributed by atoms with E-state index in [4.69, 9.17) is 4.42 Å². The van der Waals surface area contributed by atoms with Crippen LogP contribution in [0.3, 0.4) is 0 Å². The van der Waals surface area contributed by atoms with Crippen molar-refractivity contribution in [3.05, 3.63) is 354 Å². The second kappa shape index (κ2) is 32.2. The van der Waals surface area contributed by atoms with Crippen molar-refractivity contribution in [1.29, 1.82) is 0 Å². The number of rotatable bonds is 4. The molecule has 0 aliphatic carbocycles. The molecule has 0 N–H and O–H groups in total. The molecule has 94 heavy (non-hydrogen) atoms. The lowest BCUT2D eigenvalue weighted by Gasteiger charge is -2.18. The Morgan fingerprint density at radius 1 is 0.340 bits per heavy atom. The van der Waals surface area contributed by atoms with Gasteiger partial charge in [-0.1, -0.05) is 341 Å². The van der Waals surface area contributed by atoms with Gasteiger partial charge in [-0.25, -0.2) is 4.39 Å². The monoisotopic (exact) mass is 1260 g/mol. The molecular formula is C90H89FOSSi. The fourth-order valence-electron chi connectivity index (χ4n) is 11.1. The SMILES string of the molecule is Cc1cc(F)cc(-c2cccc3ccccc23)c1.Cc1ccc(-c2ccccc2)cc1.Cc1ccc(C(C)(C)C)cc1.Cc1ccc([Si](C)(C)C)cc1.Cc1cccc2c1oc1ccccc12.Cc1cccc2c1sc1ccccc12.Cc1ccccc1-c1ccccc1. The minimum Gasteiger partial charge on any atom is -0.456 e. The highest BCUT2D eigenvalue weighted by Crippen LogP contribution is 2.36. The van der Waals surface area contributed by atoms with Crippen LogP contribution in [0.2, 0.25) is 19.6 Å². The Kier molecular flexibility index (Phi) is 23.5. The van der Waals surface area contributed by atoms with Crippen LogP contribution in [0, 0.1) is 54.3 Å². The molecule has 0 saturated carbocycles. The summed E-state index contributed by atoms with van der Waals surface area (Å²) < 4.78 is 22.1. The fourth-order valence-corrected chi connectivity index (χ4v) is 13.5. The first kappa shape index (κ1) is 68.6. The Morgan fingerprint density at radius 2 is 0.809 bits per heavy atom. The lowest BCUT2D eigenvalue weighted by molar-refractivity contribution is 0.590. The maximum Gasteiger partial charge on any atom is 0.138 e. The van der Waals surface area contributed by atoms with E-state index in [1.165, 1.54) is 97.5 Å². The number of para-hydroxylation sites is 2. The largest absolute Gasteiger partial charge is 0.456 e. The third-order valence-corrected chi connectivity index (χ3v) is 20.0. The molecule has 2 aromatic heterocycles. The summed E-state index contributed by atoms with van der Waals surface area (Å²) in [6.07, 6.45) is 0. The molecule has 1 nitrogen and oxygen atoms in total. The highest BCUT2D eigenvalue weighted by Gasteiger charge is 2.15. The van der Waals surface area contributed by atoms with Crippen LogP contribution in [-0.2, 0) is 5.41 Å². The predicted octanol–water partition coefficient (Wildman–Crippen LogP) is 26.4. The third kappa shape index (κ3) is 18.8. The number of hydrogen-bond donors (Lipinski definition) is 0. The molecule has 0 saturated heterocycles. The average molecular weight is 1270 g/mol. The second-order valence-electron chi connectivity index (χ2n) is 26.3. The molecule has 15 rings (SSSR count). The summed E-state index contributed by atoms with van der Waals surface area (Å²) in [5.41, 5.74) is 19.7. The Labute approximate surface area is 563 Å².